The quantitative estimate of drug-likeness (QED) is 0.167. The second-order valence-corrected chi connectivity index (χ2v) is 16.2. The van der Waals surface area contributed by atoms with Crippen molar-refractivity contribution < 1.29 is 0 Å². The zero-order valence-electron chi connectivity index (χ0n) is 31.8. The second kappa shape index (κ2) is 13.0. The first kappa shape index (κ1) is 33.6. The van der Waals surface area contributed by atoms with Crippen molar-refractivity contribution in [3.63, 3.8) is 0 Å². The molecule has 0 heterocycles. The molecule has 262 valence electrons. The Kier molecular flexibility index (Phi) is 8.12. The van der Waals surface area contributed by atoms with Crippen LogP contribution in [0.3, 0.4) is 0 Å². The molecule has 8 aromatic carbocycles. The van der Waals surface area contributed by atoms with E-state index in [-0.39, 0.29) is 10.8 Å². The third kappa shape index (κ3) is 5.81. The van der Waals surface area contributed by atoms with Gasteiger partial charge in [0.05, 0.1) is 5.69 Å². The standard InChI is InChI=1S/C53H45N/c1-52(2,3)48-21-13-11-20-45(48)47-33-40-17-9-10-18-41(40)34-51(47)54(43-31-32-46-44-19-12-14-22-49(44)53(4,5)50(46)35-43)42-29-27-39(28-30-42)38-25-23-37(24-26-38)36-15-7-6-8-16-36/h6-35H,1-5H3. The highest BCUT2D eigenvalue weighted by Gasteiger charge is 2.36. The molecule has 9 rings (SSSR count). The summed E-state index contributed by atoms with van der Waals surface area (Å²) in [7, 11) is 0. The van der Waals surface area contributed by atoms with Crippen molar-refractivity contribution >= 4 is 27.8 Å². The lowest BCUT2D eigenvalue weighted by atomic mass is 9.81. The summed E-state index contributed by atoms with van der Waals surface area (Å²) in [5.41, 5.74) is 17.4. The lowest BCUT2D eigenvalue weighted by Crippen LogP contribution is -2.17. The Morgan fingerprint density at radius 2 is 0.889 bits per heavy atom. The fourth-order valence-corrected chi connectivity index (χ4v) is 8.55. The number of rotatable bonds is 6. The van der Waals surface area contributed by atoms with Crippen LogP contribution in [0.2, 0.25) is 0 Å². The van der Waals surface area contributed by atoms with E-state index in [9.17, 15) is 0 Å². The van der Waals surface area contributed by atoms with Crippen molar-refractivity contribution in [2.45, 2.75) is 45.4 Å². The first-order chi connectivity index (χ1) is 26.2. The molecule has 0 aromatic heterocycles. The summed E-state index contributed by atoms with van der Waals surface area (Å²) in [5.74, 6) is 0. The topological polar surface area (TPSA) is 3.24 Å². The first-order valence-corrected chi connectivity index (χ1v) is 19.1. The summed E-state index contributed by atoms with van der Waals surface area (Å²) >= 11 is 0. The van der Waals surface area contributed by atoms with E-state index < -0.39 is 0 Å². The molecule has 1 heteroatoms. The minimum absolute atomic E-state index is 0.0363. The maximum absolute atomic E-state index is 2.49. The average Bonchev–Trinajstić information content (AvgIpc) is 3.43. The fourth-order valence-electron chi connectivity index (χ4n) is 8.55. The van der Waals surface area contributed by atoms with Crippen molar-refractivity contribution in [3.8, 4) is 44.5 Å². The van der Waals surface area contributed by atoms with Gasteiger partial charge >= 0.3 is 0 Å². The summed E-state index contributed by atoms with van der Waals surface area (Å²) in [6.07, 6.45) is 0. The number of hydrogen-bond donors (Lipinski definition) is 0. The predicted molar refractivity (Wildman–Crippen MR) is 231 cm³/mol. The van der Waals surface area contributed by atoms with Crippen LogP contribution in [-0.4, -0.2) is 0 Å². The van der Waals surface area contributed by atoms with Gasteiger partial charge in [0.2, 0.25) is 0 Å². The van der Waals surface area contributed by atoms with Gasteiger partial charge in [-0.15, -0.1) is 0 Å². The highest BCUT2D eigenvalue weighted by molar-refractivity contribution is 5.99. The summed E-state index contributed by atoms with van der Waals surface area (Å²) in [5, 5.41) is 2.46. The normalized spacial score (nSPS) is 13.1. The van der Waals surface area contributed by atoms with E-state index in [0.717, 1.165) is 11.4 Å². The van der Waals surface area contributed by atoms with Crippen molar-refractivity contribution in [1.82, 2.24) is 0 Å². The Hall–Kier alpha value is -6.18. The molecule has 1 aliphatic rings. The summed E-state index contributed by atoms with van der Waals surface area (Å²) in [4.78, 5) is 2.49. The lowest BCUT2D eigenvalue weighted by Gasteiger charge is -2.31. The molecule has 54 heavy (non-hydrogen) atoms. The first-order valence-electron chi connectivity index (χ1n) is 19.1. The molecule has 0 radical (unpaired) electrons. The summed E-state index contributed by atoms with van der Waals surface area (Å²) in [6.45, 7) is 11.7. The molecule has 0 atom stereocenters. The van der Waals surface area contributed by atoms with Gasteiger partial charge in [-0.25, -0.2) is 0 Å². The SMILES string of the molecule is CC(C)(C)c1ccccc1-c1cc2ccccc2cc1N(c1ccc(-c2ccc(-c3ccccc3)cc2)cc1)c1ccc2c(c1)C(C)(C)c1ccccc1-2. The minimum atomic E-state index is -0.117. The van der Waals surface area contributed by atoms with E-state index in [0.29, 0.717) is 0 Å². The molecule has 1 aliphatic carbocycles. The van der Waals surface area contributed by atoms with E-state index in [1.54, 1.807) is 0 Å². The Labute approximate surface area is 320 Å². The lowest BCUT2D eigenvalue weighted by molar-refractivity contribution is 0.592. The van der Waals surface area contributed by atoms with Crippen molar-refractivity contribution in [2.24, 2.45) is 0 Å². The summed E-state index contributed by atoms with van der Waals surface area (Å²) < 4.78 is 0. The number of anilines is 3. The van der Waals surface area contributed by atoms with Gasteiger partial charge in [-0.1, -0.05) is 180 Å². The molecule has 0 spiro atoms. The number of benzene rings is 8. The zero-order chi connectivity index (χ0) is 37.0. The maximum Gasteiger partial charge on any atom is 0.0546 e. The van der Waals surface area contributed by atoms with Crippen LogP contribution in [0.25, 0.3) is 55.3 Å². The third-order valence-electron chi connectivity index (χ3n) is 11.4. The molecule has 0 bridgehead atoms. The van der Waals surface area contributed by atoms with E-state index in [4.69, 9.17) is 0 Å². The van der Waals surface area contributed by atoms with Gasteiger partial charge in [-0.2, -0.15) is 0 Å². The Bertz CT molecular complexity index is 2640. The van der Waals surface area contributed by atoms with Crippen LogP contribution in [0.1, 0.15) is 51.3 Å². The second-order valence-electron chi connectivity index (χ2n) is 16.2. The van der Waals surface area contributed by atoms with E-state index >= 15 is 0 Å². The van der Waals surface area contributed by atoms with Crippen molar-refractivity contribution in [3.05, 3.63) is 199 Å². The van der Waals surface area contributed by atoms with E-state index in [1.165, 1.54) is 77.7 Å². The van der Waals surface area contributed by atoms with Crippen molar-refractivity contribution in [2.75, 3.05) is 4.90 Å². The molecule has 0 aliphatic heterocycles. The Balaban J connectivity index is 1.24. The number of hydrogen-bond acceptors (Lipinski definition) is 1. The van der Waals surface area contributed by atoms with Crippen LogP contribution < -0.4 is 4.90 Å². The highest BCUT2D eigenvalue weighted by Crippen LogP contribution is 2.52. The Morgan fingerprint density at radius 3 is 1.56 bits per heavy atom. The van der Waals surface area contributed by atoms with Crippen LogP contribution in [-0.2, 0) is 10.8 Å². The van der Waals surface area contributed by atoms with Gasteiger partial charge in [0.1, 0.15) is 0 Å². The monoisotopic (exact) mass is 695 g/mol. The molecular formula is C53H45N. The molecule has 8 aromatic rings. The Morgan fingerprint density at radius 1 is 0.389 bits per heavy atom. The van der Waals surface area contributed by atoms with Gasteiger partial charge < -0.3 is 4.90 Å². The molecular weight excluding hydrogens is 651 g/mol. The van der Waals surface area contributed by atoms with Crippen LogP contribution >= 0.6 is 0 Å². The summed E-state index contributed by atoms with van der Waals surface area (Å²) in [6, 6.07) is 67.2. The number of fused-ring (bicyclic) bond motifs is 4. The van der Waals surface area contributed by atoms with E-state index in [2.05, 4.69) is 222 Å². The van der Waals surface area contributed by atoms with Crippen molar-refractivity contribution in [1.29, 1.82) is 0 Å². The average molecular weight is 696 g/mol. The van der Waals surface area contributed by atoms with Gasteiger partial charge in [0.25, 0.3) is 0 Å². The van der Waals surface area contributed by atoms with Gasteiger partial charge in [-0.05, 0) is 108 Å². The van der Waals surface area contributed by atoms with Gasteiger partial charge in [0.15, 0.2) is 0 Å². The van der Waals surface area contributed by atoms with Crippen LogP contribution in [0, 0.1) is 0 Å². The van der Waals surface area contributed by atoms with Crippen LogP contribution in [0.5, 0.6) is 0 Å². The van der Waals surface area contributed by atoms with Crippen LogP contribution in [0.4, 0.5) is 17.1 Å². The minimum Gasteiger partial charge on any atom is -0.310 e. The van der Waals surface area contributed by atoms with Gasteiger partial charge in [0, 0.05) is 22.4 Å². The molecule has 1 nitrogen and oxygen atoms in total. The smallest absolute Gasteiger partial charge is 0.0546 e. The van der Waals surface area contributed by atoms with Crippen LogP contribution in [0.15, 0.2) is 182 Å². The molecule has 0 amide bonds. The largest absolute Gasteiger partial charge is 0.310 e. The predicted octanol–water partition coefficient (Wildman–Crippen LogP) is 14.9. The molecule has 0 unspecified atom stereocenters. The number of nitrogens with zero attached hydrogens (tertiary/aromatic N) is 1. The molecule has 0 N–H and O–H groups in total. The maximum atomic E-state index is 2.49. The molecule has 0 saturated carbocycles. The molecule has 0 saturated heterocycles. The zero-order valence-corrected chi connectivity index (χ0v) is 31.8. The highest BCUT2D eigenvalue weighted by atomic mass is 15.1. The molecule has 0 fully saturated rings. The fraction of sp³-hybridized carbons (Fsp3) is 0.132. The third-order valence-corrected chi connectivity index (χ3v) is 11.4. The van der Waals surface area contributed by atoms with Gasteiger partial charge in [-0.3, -0.25) is 0 Å². The van der Waals surface area contributed by atoms with E-state index in [1.807, 2.05) is 0 Å².